The van der Waals surface area contributed by atoms with E-state index in [2.05, 4.69) is 0 Å². The summed E-state index contributed by atoms with van der Waals surface area (Å²) < 4.78 is 75.1. The van der Waals surface area contributed by atoms with E-state index in [0.29, 0.717) is 6.07 Å². The Kier molecular flexibility index (Phi) is 4.50. The first kappa shape index (κ1) is 15.8. The Morgan fingerprint density at radius 2 is 1.53 bits per heavy atom. The van der Waals surface area contributed by atoms with Gasteiger partial charge >= 0.3 is 12.4 Å². The number of carbonyl (C=O) groups excluding carboxylic acids is 1. The highest BCUT2D eigenvalue weighted by molar-refractivity contribution is 6.19. The van der Waals surface area contributed by atoms with Gasteiger partial charge in [0.25, 0.3) is 0 Å². The first-order chi connectivity index (χ1) is 8.57. The molecule has 0 N–H and O–H groups in total. The van der Waals surface area contributed by atoms with E-state index >= 15 is 0 Å². The van der Waals surface area contributed by atoms with Crippen LogP contribution in [0.5, 0.6) is 0 Å². The third kappa shape index (κ3) is 3.86. The number of ketones is 1. The molecule has 1 rings (SSSR count). The predicted octanol–water partition coefficient (Wildman–Crippen LogP) is 4.54. The summed E-state index contributed by atoms with van der Waals surface area (Å²) in [6, 6.07) is 1.18. The van der Waals surface area contributed by atoms with Gasteiger partial charge in [-0.2, -0.15) is 26.3 Å². The minimum absolute atomic E-state index is 0.124. The molecule has 0 unspecified atom stereocenters. The summed E-state index contributed by atoms with van der Waals surface area (Å²) in [5.74, 6) is -0.865. The van der Waals surface area contributed by atoms with E-state index in [0.717, 1.165) is 0 Å². The van der Waals surface area contributed by atoms with Gasteiger partial charge in [0.2, 0.25) is 0 Å². The third-order valence-corrected chi connectivity index (χ3v) is 2.46. The molecular formula is C11H7ClF6O. The summed E-state index contributed by atoms with van der Waals surface area (Å²) in [4.78, 5) is 11.4. The van der Waals surface area contributed by atoms with Crippen LogP contribution in [0.2, 0.25) is 0 Å². The van der Waals surface area contributed by atoms with Crippen molar-refractivity contribution in [3.8, 4) is 0 Å². The standard InChI is InChI=1S/C11H7ClF6O/c12-4-3-9(19)6-1-2-7(10(13,14)15)8(5-6)11(16,17)18/h1-2,5H,3-4H2. The van der Waals surface area contributed by atoms with Crippen LogP contribution in [0.4, 0.5) is 26.3 Å². The lowest BCUT2D eigenvalue weighted by molar-refractivity contribution is -0.162. The maximum atomic E-state index is 12.6. The van der Waals surface area contributed by atoms with Crippen LogP contribution in [0.1, 0.15) is 27.9 Å². The molecule has 1 aromatic carbocycles. The molecule has 0 aliphatic carbocycles. The van der Waals surface area contributed by atoms with Gasteiger partial charge in [0.1, 0.15) is 0 Å². The van der Waals surface area contributed by atoms with Gasteiger partial charge in [0, 0.05) is 17.9 Å². The minimum Gasteiger partial charge on any atom is -0.294 e. The Labute approximate surface area is 109 Å². The van der Waals surface area contributed by atoms with Crippen molar-refractivity contribution >= 4 is 17.4 Å². The van der Waals surface area contributed by atoms with Gasteiger partial charge in [-0.05, 0) is 12.1 Å². The number of rotatable bonds is 3. The van der Waals surface area contributed by atoms with E-state index in [4.69, 9.17) is 11.6 Å². The van der Waals surface area contributed by atoms with Crippen LogP contribution in [0.3, 0.4) is 0 Å². The average molecular weight is 305 g/mol. The molecule has 0 aliphatic heterocycles. The molecule has 106 valence electrons. The summed E-state index contributed by atoms with van der Waals surface area (Å²) in [5, 5.41) is 0. The van der Waals surface area contributed by atoms with Gasteiger partial charge in [-0.15, -0.1) is 11.6 Å². The van der Waals surface area contributed by atoms with Crippen molar-refractivity contribution in [3.63, 3.8) is 0 Å². The quantitative estimate of drug-likeness (QED) is 0.455. The molecule has 0 saturated carbocycles. The summed E-state index contributed by atoms with van der Waals surface area (Å²) >= 11 is 5.26. The predicted molar refractivity (Wildman–Crippen MR) is 56.1 cm³/mol. The van der Waals surface area contributed by atoms with Gasteiger partial charge in [-0.1, -0.05) is 6.07 Å². The molecule has 0 aliphatic rings. The van der Waals surface area contributed by atoms with Crippen molar-refractivity contribution in [2.45, 2.75) is 18.8 Å². The van der Waals surface area contributed by atoms with Gasteiger partial charge in [0.15, 0.2) is 5.78 Å². The van der Waals surface area contributed by atoms with Gasteiger partial charge in [-0.25, -0.2) is 0 Å². The van der Waals surface area contributed by atoms with E-state index in [1.807, 2.05) is 0 Å². The SMILES string of the molecule is O=C(CCCl)c1ccc(C(F)(F)F)c(C(F)(F)F)c1. The Balaban J connectivity index is 3.36. The molecule has 0 aromatic heterocycles. The fourth-order valence-corrected chi connectivity index (χ4v) is 1.60. The maximum Gasteiger partial charge on any atom is 0.417 e. The molecule has 19 heavy (non-hydrogen) atoms. The molecule has 8 heteroatoms. The third-order valence-electron chi connectivity index (χ3n) is 2.27. The number of hydrogen-bond donors (Lipinski definition) is 0. The van der Waals surface area contributed by atoms with Crippen LogP contribution < -0.4 is 0 Å². The van der Waals surface area contributed by atoms with Crippen molar-refractivity contribution in [2.75, 3.05) is 5.88 Å². The van der Waals surface area contributed by atoms with Gasteiger partial charge < -0.3 is 0 Å². The zero-order valence-corrected chi connectivity index (χ0v) is 9.96. The van der Waals surface area contributed by atoms with Crippen LogP contribution in [0.15, 0.2) is 18.2 Å². The molecule has 1 aromatic rings. The summed E-state index contributed by atoms with van der Waals surface area (Å²) in [5.41, 5.74) is -4.14. The van der Waals surface area contributed by atoms with Crippen molar-refractivity contribution < 1.29 is 31.1 Å². The topological polar surface area (TPSA) is 17.1 Å². The summed E-state index contributed by atoms with van der Waals surface area (Å²) in [7, 11) is 0. The highest BCUT2D eigenvalue weighted by Gasteiger charge is 2.43. The van der Waals surface area contributed by atoms with Crippen molar-refractivity contribution in [3.05, 3.63) is 34.9 Å². The van der Waals surface area contributed by atoms with Crippen molar-refractivity contribution in [1.82, 2.24) is 0 Å². The smallest absolute Gasteiger partial charge is 0.294 e. The van der Waals surface area contributed by atoms with E-state index in [1.54, 1.807) is 0 Å². The number of hydrogen-bond acceptors (Lipinski definition) is 1. The zero-order chi connectivity index (χ0) is 14.8. The molecular weight excluding hydrogens is 298 g/mol. The fraction of sp³-hybridized carbons (Fsp3) is 0.364. The second kappa shape index (κ2) is 5.40. The van der Waals surface area contributed by atoms with E-state index in [9.17, 15) is 31.1 Å². The lowest BCUT2D eigenvalue weighted by Gasteiger charge is -2.16. The Morgan fingerprint density at radius 1 is 1.00 bits per heavy atom. The Hall–Kier alpha value is -1.24. The lowest BCUT2D eigenvalue weighted by Crippen LogP contribution is -2.17. The molecule has 0 saturated heterocycles. The Bertz CT molecular complexity index is 477. The molecule has 0 atom stereocenters. The summed E-state index contributed by atoms with van der Waals surface area (Å²) in [6.07, 6.45) is -10.6. The number of alkyl halides is 7. The number of benzene rings is 1. The van der Waals surface area contributed by atoms with Crippen LogP contribution in [0, 0.1) is 0 Å². The van der Waals surface area contributed by atoms with Crippen LogP contribution in [-0.2, 0) is 12.4 Å². The highest BCUT2D eigenvalue weighted by Crippen LogP contribution is 2.40. The van der Waals surface area contributed by atoms with Crippen LogP contribution >= 0.6 is 11.6 Å². The lowest BCUT2D eigenvalue weighted by atomic mass is 10.00. The van der Waals surface area contributed by atoms with E-state index < -0.39 is 34.8 Å². The minimum atomic E-state index is -5.19. The summed E-state index contributed by atoms with van der Waals surface area (Å²) in [6.45, 7) is 0. The molecule has 0 fully saturated rings. The second-order valence-electron chi connectivity index (χ2n) is 3.62. The normalized spacial score (nSPS) is 12.6. The number of carbonyl (C=O) groups is 1. The van der Waals surface area contributed by atoms with E-state index in [-0.39, 0.29) is 24.4 Å². The van der Waals surface area contributed by atoms with Gasteiger partial charge in [-0.3, -0.25) is 4.79 Å². The molecule has 0 heterocycles. The highest BCUT2D eigenvalue weighted by atomic mass is 35.5. The molecule has 0 amide bonds. The van der Waals surface area contributed by atoms with Crippen LogP contribution in [0.25, 0.3) is 0 Å². The molecule has 1 nitrogen and oxygen atoms in total. The second-order valence-corrected chi connectivity index (χ2v) is 4.00. The van der Waals surface area contributed by atoms with E-state index in [1.165, 1.54) is 0 Å². The first-order valence-corrected chi connectivity index (χ1v) is 5.48. The molecule has 0 bridgehead atoms. The Morgan fingerprint density at radius 3 is 1.95 bits per heavy atom. The maximum absolute atomic E-state index is 12.6. The van der Waals surface area contributed by atoms with Crippen molar-refractivity contribution in [2.24, 2.45) is 0 Å². The number of halogens is 7. The fourth-order valence-electron chi connectivity index (χ4n) is 1.43. The first-order valence-electron chi connectivity index (χ1n) is 4.95. The average Bonchev–Trinajstić information content (AvgIpc) is 2.26. The van der Waals surface area contributed by atoms with Crippen molar-refractivity contribution in [1.29, 1.82) is 0 Å². The van der Waals surface area contributed by atoms with Crippen LogP contribution in [-0.4, -0.2) is 11.7 Å². The zero-order valence-electron chi connectivity index (χ0n) is 9.20. The monoisotopic (exact) mass is 304 g/mol. The molecule has 0 spiro atoms. The van der Waals surface area contributed by atoms with Gasteiger partial charge in [0.05, 0.1) is 11.1 Å². The largest absolute Gasteiger partial charge is 0.417 e. The number of Topliss-reactive ketones (excluding diaryl/α,β-unsaturated/α-hetero) is 1. The molecule has 0 radical (unpaired) electrons.